The van der Waals surface area contributed by atoms with Gasteiger partial charge in [-0.15, -0.1) is 0 Å². The van der Waals surface area contributed by atoms with E-state index in [9.17, 15) is 0 Å². The minimum atomic E-state index is 0.528. The summed E-state index contributed by atoms with van der Waals surface area (Å²) in [6.07, 6.45) is 3.28. The van der Waals surface area contributed by atoms with Crippen LogP contribution in [0.1, 0.15) is 11.3 Å². The maximum absolute atomic E-state index is 8.72. The van der Waals surface area contributed by atoms with E-state index in [0.717, 1.165) is 10.2 Å². The van der Waals surface area contributed by atoms with Crippen LogP contribution in [-0.2, 0) is 6.54 Å². The molecule has 0 aromatic carbocycles. The molecule has 17 heavy (non-hydrogen) atoms. The van der Waals surface area contributed by atoms with E-state index >= 15 is 0 Å². The van der Waals surface area contributed by atoms with Gasteiger partial charge in [0.05, 0.1) is 22.3 Å². The molecule has 0 saturated carbocycles. The Balaban J connectivity index is 2.08. The van der Waals surface area contributed by atoms with Crippen LogP contribution in [0.3, 0.4) is 0 Å². The molecule has 4 nitrogen and oxygen atoms in total. The number of pyridine rings is 2. The summed E-state index contributed by atoms with van der Waals surface area (Å²) < 4.78 is 0.771. The second-order valence-corrected chi connectivity index (χ2v) is 4.20. The van der Waals surface area contributed by atoms with E-state index in [-0.39, 0.29) is 0 Å². The third kappa shape index (κ3) is 3.02. The van der Waals surface area contributed by atoms with Gasteiger partial charge >= 0.3 is 0 Å². The molecule has 2 rings (SSSR count). The fraction of sp³-hybridized carbons (Fsp3) is 0.0833. The van der Waals surface area contributed by atoms with Gasteiger partial charge < -0.3 is 5.32 Å². The first-order valence-electron chi connectivity index (χ1n) is 4.99. The number of anilines is 1. The molecule has 2 aromatic rings. The number of nitrogens with one attached hydrogen (secondary N) is 1. The first-order chi connectivity index (χ1) is 8.29. The average molecular weight is 289 g/mol. The normalized spacial score (nSPS) is 9.65. The first-order valence-corrected chi connectivity index (χ1v) is 5.78. The molecule has 0 unspecified atom stereocenters. The van der Waals surface area contributed by atoms with Crippen molar-refractivity contribution in [1.82, 2.24) is 9.97 Å². The lowest BCUT2D eigenvalue weighted by Crippen LogP contribution is -2.03. The number of rotatable bonds is 3. The van der Waals surface area contributed by atoms with E-state index < -0.39 is 0 Å². The predicted molar refractivity (Wildman–Crippen MR) is 68.2 cm³/mol. The predicted octanol–water partition coefficient (Wildman–Crippen LogP) is 2.72. The quantitative estimate of drug-likeness (QED) is 0.943. The van der Waals surface area contributed by atoms with Crippen molar-refractivity contribution < 1.29 is 0 Å². The monoisotopic (exact) mass is 288 g/mol. The molecular weight excluding hydrogens is 280 g/mol. The van der Waals surface area contributed by atoms with E-state index in [1.165, 1.54) is 6.20 Å². The van der Waals surface area contributed by atoms with Gasteiger partial charge in [-0.1, -0.05) is 6.07 Å². The zero-order valence-corrected chi connectivity index (χ0v) is 10.5. The number of hydrogen-bond acceptors (Lipinski definition) is 4. The van der Waals surface area contributed by atoms with Gasteiger partial charge in [-0.05, 0) is 34.1 Å². The summed E-state index contributed by atoms with van der Waals surface area (Å²) in [6.45, 7) is 0.596. The van der Waals surface area contributed by atoms with E-state index in [1.54, 1.807) is 12.3 Å². The van der Waals surface area contributed by atoms with Gasteiger partial charge in [-0.3, -0.25) is 4.98 Å². The van der Waals surface area contributed by atoms with Gasteiger partial charge in [0, 0.05) is 12.4 Å². The van der Waals surface area contributed by atoms with Crippen LogP contribution in [0.5, 0.6) is 0 Å². The Morgan fingerprint density at radius 2 is 2.24 bits per heavy atom. The van der Waals surface area contributed by atoms with Gasteiger partial charge in [0.25, 0.3) is 0 Å². The first kappa shape index (κ1) is 11.6. The lowest BCUT2D eigenvalue weighted by molar-refractivity contribution is 1.03. The number of aromatic nitrogens is 2. The third-order valence-electron chi connectivity index (χ3n) is 2.13. The van der Waals surface area contributed by atoms with Gasteiger partial charge in [-0.2, -0.15) is 5.26 Å². The molecule has 0 amide bonds. The number of halogens is 1. The van der Waals surface area contributed by atoms with E-state index in [2.05, 4.69) is 31.2 Å². The van der Waals surface area contributed by atoms with Crippen molar-refractivity contribution in [3.05, 3.63) is 52.4 Å². The molecule has 2 aromatic heterocycles. The van der Waals surface area contributed by atoms with Crippen molar-refractivity contribution in [3.63, 3.8) is 0 Å². The average Bonchev–Trinajstić information content (AvgIpc) is 2.38. The van der Waals surface area contributed by atoms with Gasteiger partial charge in [0.15, 0.2) is 0 Å². The SMILES string of the molecule is N#Cc1cnc(NCc2ccccn2)c(Br)c1. The van der Waals surface area contributed by atoms with Gasteiger partial charge in [-0.25, -0.2) is 4.98 Å². The Morgan fingerprint density at radius 3 is 2.88 bits per heavy atom. The van der Waals surface area contributed by atoms with Crippen LogP contribution in [0.15, 0.2) is 41.1 Å². The number of hydrogen-bond donors (Lipinski definition) is 1. The Morgan fingerprint density at radius 1 is 1.35 bits per heavy atom. The fourth-order valence-corrected chi connectivity index (χ4v) is 1.80. The number of nitrogens with zero attached hydrogens (tertiary/aromatic N) is 3. The highest BCUT2D eigenvalue weighted by molar-refractivity contribution is 9.10. The lowest BCUT2D eigenvalue weighted by Gasteiger charge is -2.06. The van der Waals surface area contributed by atoms with Crippen LogP contribution in [0.25, 0.3) is 0 Å². The smallest absolute Gasteiger partial charge is 0.140 e. The summed E-state index contributed by atoms with van der Waals surface area (Å²) in [6, 6.07) is 9.51. The Kier molecular flexibility index (Phi) is 3.68. The highest BCUT2D eigenvalue weighted by atomic mass is 79.9. The molecule has 0 aliphatic heterocycles. The summed E-state index contributed by atoms with van der Waals surface area (Å²) in [5.74, 6) is 0.703. The zero-order chi connectivity index (χ0) is 12.1. The fourth-order valence-electron chi connectivity index (χ4n) is 1.31. The van der Waals surface area contributed by atoms with Crippen molar-refractivity contribution in [1.29, 1.82) is 5.26 Å². The van der Waals surface area contributed by atoms with Crippen molar-refractivity contribution in [3.8, 4) is 6.07 Å². The summed E-state index contributed by atoms with van der Waals surface area (Å²) in [4.78, 5) is 8.36. The molecule has 2 heterocycles. The molecule has 0 bridgehead atoms. The molecule has 1 N–H and O–H groups in total. The van der Waals surface area contributed by atoms with Crippen LogP contribution in [-0.4, -0.2) is 9.97 Å². The minimum Gasteiger partial charge on any atom is -0.363 e. The largest absolute Gasteiger partial charge is 0.363 e. The lowest BCUT2D eigenvalue weighted by atomic mass is 10.3. The second-order valence-electron chi connectivity index (χ2n) is 3.34. The Labute approximate surface area is 107 Å². The van der Waals surface area contributed by atoms with Crippen molar-refractivity contribution in [2.24, 2.45) is 0 Å². The maximum atomic E-state index is 8.72. The second kappa shape index (κ2) is 5.41. The number of nitriles is 1. The topological polar surface area (TPSA) is 61.6 Å². The van der Waals surface area contributed by atoms with E-state index in [1.807, 2.05) is 24.3 Å². The molecule has 0 fully saturated rings. The van der Waals surface area contributed by atoms with Crippen LogP contribution in [0.2, 0.25) is 0 Å². The summed E-state index contributed by atoms with van der Waals surface area (Å²) in [7, 11) is 0. The molecule has 0 saturated heterocycles. The summed E-state index contributed by atoms with van der Waals surface area (Å²) in [5, 5.41) is 11.9. The Hall–Kier alpha value is -1.93. The van der Waals surface area contributed by atoms with Crippen LogP contribution < -0.4 is 5.32 Å². The molecule has 5 heteroatoms. The standard InChI is InChI=1S/C12H9BrN4/c13-11-5-9(6-14)7-16-12(11)17-8-10-3-1-2-4-15-10/h1-5,7H,8H2,(H,16,17). The van der Waals surface area contributed by atoms with Gasteiger partial charge in [0.2, 0.25) is 0 Å². The highest BCUT2D eigenvalue weighted by Gasteiger charge is 2.02. The molecular formula is C12H9BrN4. The van der Waals surface area contributed by atoms with Crippen molar-refractivity contribution in [2.75, 3.05) is 5.32 Å². The molecule has 0 aliphatic carbocycles. The Bertz CT molecular complexity index is 548. The molecule has 0 spiro atoms. The van der Waals surface area contributed by atoms with E-state index in [0.29, 0.717) is 17.9 Å². The third-order valence-corrected chi connectivity index (χ3v) is 2.74. The van der Waals surface area contributed by atoms with Crippen LogP contribution in [0, 0.1) is 11.3 Å². The van der Waals surface area contributed by atoms with Gasteiger partial charge in [0.1, 0.15) is 11.9 Å². The maximum Gasteiger partial charge on any atom is 0.140 e. The highest BCUT2D eigenvalue weighted by Crippen LogP contribution is 2.20. The van der Waals surface area contributed by atoms with Crippen LogP contribution >= 0.6 is 15.9 Å². The van der Waals surface area contributed by atoms with Crippen molar-refractivity contribution >= 4 is 21.7 Å². The van der Waals surface area contributed by atoms with E-state index in [4.69, 9.17) is 5.26 Å². The molecule has 0 atom stereocenters. The summed E-state index contributed by atoms with van der Waals surface area (Å²) >= 11 is 3.36. The molecule has 84 valence electrons. The minimum absolute atomic E-state index is 0.528. The molecule has 0 radical (unpaired) electrons. The molecule has 0 aliphatic rings. The zero-order valence-electron chi connectivity index (χ0n) is 8.89. The van der Waals surface area contributed by atoms with Crippen molar-refractivity contribution in [2.45, 2.75) is 6.54 Å². The summed E-state index contributed by atoms with van der Waals surface area (Å²) in [5.41, 5.74) is 1.46. The van der Waals surface area contributed by atoms with Crippen LogP contribution in [0.4, 0.5) is 5.82 Å².